The fourth-order valence-corrected chi connectivity index (χ4v) is 12.0. The van der Waals surface area contributed by atoms with Crippen molar-refractivity contribution in [3.05, 3.63) is 24.3 Å². The third-order valence-corrected chi connectivity index (χ3v) is 17.7. The number of aliphatic hydroxyl groups is 2. The number of ether oxygens (including phenoxy) is 1. The Kier molecular flexibility index (Phi) is 70.4. The van der Waals surface area contributed by atoms with Crippen molar-refractivity contribution in [2.24, 2.45) is 0 Å². The Balaban J connectivity index is 3.32. The molecule has 0 bridgehead atoms. The zero-order valence-electron chi connectivity index (χ0n) is 55.8. The molecule has 0 aliphatic carbocycles. The van der Waals surface area contributed by atoms with Gasteiger partial charge in [-0.2, -0.15) is 0 Å². The normalized spacial score (nSPS) is 12.6. The van der Waals surface area contributed by atoms with Crippen LogP contribution in [-0.4, -0.2) is 47.4 Å². The van der Waals surface area contributed by atoms with Crippen LogP contribution in [0.3, 0.4) is 0 Å². The zero-order valence-corrected chi connectivity index (χ0v) is 55.8. The van der Waals surface area contributed by atoms with E-state index in [1.807, 2.05) is 6.08 Å². The molecule has 486 valence electrons. The number of allylic oxidation sites excluding steroid dienone is 3. The molecule has 82 heavy (non-hydrogen) atoms. The standard InChI is InChI=1S/C76H147NO5/c1-3-5-7-9-11-13-15-17-19-41-44-48-52-56-60-64-68-74(79)73(72-78)77-75(80)69-65-61-57-53-49-45-42-39-37-35-33-31-29-27-25-23-21-20-22-24-26-28-30-32-34-36-38-40-43-47-51-55-59-63-67-71-82-76(81)70-66-62-58-54-50-46-18-16-14-12-10-8-6-4-2/h16,18,64,68,73-74,78-79H,3-15,17,19-63,65-67,69-72H2,1-2H3,(H,77,80)/b18-16-,68-64+. The molecule has 0 heterocycles. The quantitative estimate of drug-likeness (QED) is 0.0320. The third-order valence-electron chi connectivity index (χ3n) is 17.7. The van der Waals surface area contributed by atoms with Crippen LogP contribution in [0.2, 0.25) is 0 Å². The minimum atomic E-state index is -0.840. The predicted molar refractivity (Wildman–Crippen MR) is 361 cm³/mol. The number of carbonyl (C=O) groups is 2. The summed E-state index contributed by atoms with van der Waals surface area (Å²) in [7, 11) is 0. The Bertz CT molecular complexity index is 1280. The zero-order chi connectivity index (χ0) is 59.2. The van der Waals surface area contributed by atoms with Crippen LogP contribution in [0.4, 0.5) is 0 Å². The molecule has 0 saturated heterocycles. The van der Waals surface area contributed by atoms with Crippen molar-refractivity contribution in [3.63, 3.8) is 0 Å². The van der Waals surface area contributed by atoms with Gasteiger partial charge in [0, 0.05) is 12.8 Å². The molecule has 0 spiro atoms. The molecule has 6 nitrogen and oxygen atoms in total. The maximum absolute atomic E-state index is 12.5. The van der Waals surface area contributed by atoms with Gasteiger partial charge in [0.1, 0.15) is 0 Å². The molecule has 0 aliphatic heterocycles. The molecule has 2 atom stereocenters. The van der Waals surface area contributed by atoms with Gasteiger partial charge >= 0.3 is 5.97 Å². The molecule has 0 fully saturated rings. The molecule has 0 aromatic rings. The summed E-state index contributed by atoms with van der Waals surface area (Å²) in [5.74, 6) is -0.0450. The summed E-state index contributed by atoms with van der Waals surface area (Å²) >= 11 is 0. The number of esters is 1. The molecule has 0 aliphatic rings. The number of nitrogens with one attached hydrogen (secondary N) is 1. The Hall–Kier alpha value is -1.66. The molecule has 0 rings (SSSR count). The van der Waals surface area contributed by atoms with Crippen LogP contribution in [0.5, 0.6) is 0 Å². The molecule has 0 radical (unpaired) electrons. The van der Waals surface area contributed by atoms with E-state index < -0.39 is 12.1 Å². The molecule has 1 amide bonds. The van der Waals surface area contributed by atoms with Gasteiger partial charge in [0.25, 0.3) is 0 Å². The Labute approximate surface area is 513 Å². The van der Waals surface area contributed by atoms with Gasteiger partial charge in [-0.1, -0.05) is 378 Å². The highest BCUT2D eigenvalue weighted by molar-refractivity contribution is 5.76. The number of amides is 1. The molecule has 0 aromatic heterocycles. The summed E-state index contributed by atoms with van der Waals surface area (Å²) in [6.07, 6.45) is 91.5. The van der Waals surface area contributed by atoms with Gasteiger partial charge in [-0.25, -0.2) is 0 Å². The summed E-state index contributed by atoms with van der Waals surface area (Å²) in [5.41, 5.74) is 0. The van der Waals surface area contributed by atoms with Gasteiger partial charge in [0.05, 0.1) is 25.4 Å². The van der Waals surface area contributed by atoms with E-state index in [0.717, 1.165) is 44.9 Å². The molecule has 6 heteroatoms. The smallest absolute Gasteiger partial charge is 0.305 e. The van der Waals surface area contributed by atoms with E-state index in [0.29, 0.717) is 19.4 Å². The summed E-state index contributed by atoms with van der Waals surface area (Å²) < 4.78 is 5.49. The number of hydrogen-bond donors (Lipinski definition) is 3. The van der Waals surface area contributed by atoms with Gasteiger partial charge in [0.15, 0.2) is 0 Å². The second-order valence-corrected chi connectivity index (χ2v) is 26.0. The molecule has 0 saturated carbocycles. The minimum absolute atomic E-state index is 0.0145. The average Bonchev–Trinajstić information content (AvgIpc) is 3.48. The van der Waals surface area contributed by atoms with Crippen molar-refractivity contribution in [2.75, 3.05) is 13.2 Å². The molecule has 0 aromatic carbocycles. The highest BCUT2D eigenvalue weighted by Crippen LogP contribution is 2.19. The summed E-state index contributed by atoms with van der Waals surface area (Å²) in [6.45, 7) is 4.93. The summed E-state index contributed by atoms with van der Waals surface area (Å²) in [6, 6.07) is -0.623. The van der Waals surface area contributed by atoms with E-state index in [1.165, 1.54) is 353 Å². The first-order valence-electron chi connectivity index (χ1n) is 37.6. The van der Waals surface area contributed by atoms with Gasteiger partial charge in [-0.15, -0.1) is 0 Å². The molecular weight excluding hydrogens is 1010 g/mol. The second-order valence-electron chi connectivity index (χ2n) is 26.0. The SMILES string of the molecule is CCCCCCC/C=C\CCCCCCCC(=O)OCCCCCCCCCCCCCCCCCCCCCCCCCCCCCCCCCCCCCC(=O)NC(CO)C(O)/C=C/CCCCCCCCCCCCCCCC. The van der Waals surface area contributed by atoms with Crippen molar-refractivity contribution in [3.8, 4) is 0 Å². The van der Waals surface area contributed by atoms with Crippen LogP contribution in [0.15, 0.2) is 24.3 Å². The Morgan fingerprint density at radius 3 is 0.866 bits per heavy atom. The van der Waals surface area contributed by atoms with E-state index >= 15 is 0 Å². The topological polar surface area (TPSA) is 95.9 Å². The maximum Gasteiger partial charge on any atom is 0.305 e. The minimum Gasteiger partial charge on any atom is -0.466 e. The van der Waals surface area contributed by atoms with Crippen molar-refractivity contribution < 1.29 is 24.5 Å². The van der Waals surface area contributed by atoms with Crippen molar-refractivity contribution >= 4 is 11.9 Å². The lowest BCUT2D eigenvalue weighted by Crippen LogP contribution is -2.45. The fourth-order valence-electron chi connectivity index (χ4n) is 12.0. The molecule has 3 N–H and O–H groups in total. The molecular formula is C76H147NO5. The fraction of sp³-hybridized carbons (Fsp3) is 0.921. The van der Waals surface area contributed by atoms with Crippen LogP contribution in [-0.2, 0) is 14.3 Å². The number of aliphatic hydroxyl groups excluding tert-OH is 2. The van der Waals surface area contributed by atoms with Crippen LogP contribution in [0.1, 0.15) is 425 Å². The lowest BCUT2D eigenvalue weighted by atomic mass is 10.0. The lowest BCUT2D eigenvalue weighted by molar-refractivity contribution is -0.143. The van der Waals surface area contributed by atoms with Gasteiger partial charge in [-0.3, -0.25) is 9.59 Å². The lowest BCUT2D eigenvalue weighted by Gasteiger charge is -2.20. The number of unbranched alkanes of at least 4 members (excludes halogenated alkanes) is 58. The van der Waals surface area contributed by atoms with E-state index in [1.54, 1.807) is 6.08 Å². The Morgan fingerprint density at radius 2 is 0.573 bits per heavy atom. The van der Waals surface area contributed by atoms with Gasteiger partial charge in [0.2, 0.25) is 5.91 Å². The highest BCUT2D eigenvalue weighted by Gasteiger charge is 2.18. The van der Waals surface area contributed by atoms with E-state index in [-0.39, 0.29) is 18.5 Å². The first-order chi connectivity index (χ1) is 40.5. The highest BCUT2D eigenvalue weighted by atomic mass is 16.5. The van der Waals surface area contributed by atoms with E-state index in [4.69, 9.17) is 4.74 Å². The van der Waals surface area contributed by atoms with Crippen LogP contribution in [0.25, 0.3) is 0 Å². The van der Waals surface area contributed by atoms with Crippen LogP contribution in [0, 0.1) is 0 Å². The second kappa shape index (κ2) is 71.8. The number of rotatable bonds is 71. The summed E-state index contributed by atoms with van der Waals surface area (Å²) in [4.78, 5) is 24.6. The summed E-state index contributed by atoms with van der Waals surface area (Å²) in [5, 5.41) is 23.2. The van der Waals surface area contributed by atoms with Crippen molar-refractivity contribution in [1.29, 1.82) is 0 Å². The van der Waals surface area contributed by atoms with E-state index in [9.17, 15) is 19.8 Å². The van der Waals surface area contributed by atoms with Gasteiger partial charge in [-0.05, 0) is 57.8 Å². The van der Waals surface area contributed by atoms with E-state index in [2.05, 4.69) is 31.3 Å². The third kappa shape index (κ3) is 67.5. The van der Waals surface area contributed by atoms with Crippen LogP contribution >= 0.6 is 0 Å². The largest absolute Gasteiger partial charge is 0.466 e. The first kappa shape index (κ1) is 80.3. The number of hydrogen-bond acceptors (Lipinski definition) is 5. The first-order valence-corrected chi connectivity index (χ1v) is 37.6. The average molecular weight is 1160 g/mol. The van der Waals surface area contributed by atoms with Crippen molar-refractivity contribution in [2.45, 2.75) is 437 Å². The van der Waals surface area contributed by atoms with Crippen molar-refractivity contribution in [1.82, 2.24) is 5.32 Å². The van der Waals surface area contributed by atoms with Crippen LogP contribution < -0.4 is 5.32 Å². The monoisotopic (exact) mass is 1150 g/mol. The number of carbonyl (C=O) groups excluding carboxylic acids is 2. The Morgan fingerprint density at radius 1 is 0.329 bits per heavy atom. The van der Waals surface area contributed by atoms with Gasteiger partial charge < -0.3 is 20.3 Å². The predicted octanol–water partition coefficient (Wildman–Crippen LogP) is 24.5. The maximum atomic E-state index is 12.5. The molecule has 2 unspecified atom stereocenters.